The van der Waals surface area contributed by atoms with Crippen molar-refractivity contribution in [1.29, 1.82) is 0 Å². The average Bonchev–Trinajstić information content (AvgIpc) is 3.10. The molecule has 0 spiro atoms. The number of carbonyl (C=O) groups is 1. The molecule has 9 heteroatoms. The number of aromatic nitrogens is 4. The molecule has 3 aromatic rings. The molecule has 29 heavy (non-hydrogen) atoms. The molecule has 0 unspecified atom stereocenters. The summed E-state index contributed by atoms with van der Waals surface area (Å²) in [7, 11) is 1.73. The van der Waals surface area contributed by atoms with Crippen LogP contribution in [-0.2, 0) is 24.4 Å². The van der Waals surface area contributed by atoms with Gasteiger partial charge in [-0.1, -0.05) is 25.5 Å². The number of ether oxygens (including phenoxy) is 1. The molecule has 0 bridgehead atoms. The summed E-state index contributed by atoms with van der Waals surface area (Å²) in [5.41, 5.74) is 0.715. The van der Waals surface area contributed by atoms with Gasteiger partial charge in [-0.15, -0.1) is 0 Å². The first-order valence-corrected chi connectivity index (χ1v) is 9.67. The van der Waals surface area contributed by atoms with Gasteiger partial charge in [-0.05, 0) is 25.5 Å². The number of nitrogens with zero attached hydrogens (tertiary/aromatic N) is 3. The number of imidazole rings is 1. The summed E-state index contributed by atoms with van der Waals surface area (Å²) >= 11 is 0. The van der Waals surface area contributed by atoms with E-state index in [1.165, 1.54) is 4.57 Å². The standard InChI is InChI=1S/C20H25N5O4/c1-4-6-11-25-17-16(18(26)23-20(25)28)24(5-2)15(22-17)12-29-19(27)13-9-7-8-10-14(13)21-3/h7-10,21H,4-6,11-12H2,1-3H3,(H,23,26,28). The van der Waals surface area contributed by atoms with Crippen LogP contribution < -0.4 is 16.6 Å². The first-order chi connectivity index (χ1) is 14.0. The van der Waals surface area contributed by atoms with Crippen LogP contribution in [0.1, 0.15) is 42.9 Å². The van der Waals surface area contributed by atoms with Crippen molar-refractivity contribution in [2.24, 2.45) is 0 Å². The van der Waals surface area contributed by atoms with Gasteiger partial charge < -0.3 is 14.6 Å². The second-order valence-electron chi connectivity index (χ2n) is 6.58. The number of nitrogens with one attached hydrogen (secondary N) is 2. The molecule has 0 fully saturated rings. The average molecular weight is 399 g/mol. The van der Waals surface area contributed by atoms with E-state index in [4.69, 9.17) is 4.74 Å². The Morgan fingerprint density at radius 2 is 1.97 bits per heavy atom. The van der Waals surface area contributed by atoms with Crippen LogP contribution in [0, 0.1) is 0 Å². The second kappa shape index (κ2) is 8.76. The van der Waals surface area contributed by atoms with Crippen molar-refractivity contribution in [2.75, 3.05) is 12.4 Å². The third kappa shape index (κ3) is 3.94. The summed E-state index contributed by atoms with van der Waals surface area (Å²) in [6, 6.07) is 7.03. The van der Waals surface area contributed by atoms with Gasteiger partial charge in [0.25, 0.3) is 5.56 Å². The SMILES string of the molecule is CCCCn1c(=O)[nH]c(=O)c2c1nc(COC(=O)c1ccccc1NC)n2CC. The fourth-order valence-corrected chi connectivity index (χ4v) is 3.28. The van der Waals surface area contributed by atoms with Gasteiger partial charge in [-0.25, -0.2) is 14.6 Å². The minimum Gasteiger partial charge on any atom is -0.454 e. The highest BCUT2D eigenvalue weighted by Gasteiger charge is 2.19. The Hall–Kier alpha value is -3.36. The van der Waals surface area contributed by atoms with Crippen molar-refractivity contribution in [3.8, 4) is 0 Å². The van der Waals surface area contributed by atoms with E-state index in [0.29, 0.717) is 41.3 Å². The van der Waals surface area contributed by atoms with Crippen molar-refractivity contribution in [2.45, 2.75) is 46.4 Å². The zero-order chi connectivity index (χ0) is 21.0. The van der Waals surface area contributed by atoms with E-state index in [9.17, 15) is 14.4 Å². The van der Waals surface area contributed by atoms with Crippen molar-refractivity contribution < 1.29 is 9.53 Å². The maximum absolute atomic E-state index is 12.5. The Bertz CT molecular complexity index is 1140. The Kier molecular flexibility index (Phi) is 6.16. The summed E-state index contributed by atoms with van der Waals surface area (Å²) in [6.07, 6.45) is 1.68. The Morgan fingerprint density at radius 3 is 2.66 bits per heavy atom. The third-order valence-corrected chi connectivity index (χ3v) is 4.76. The van der Waals surface area contributed by atoms with Crippen molar-refractivity contribution in [1.82, 2.24) is 19.1 Å². The van der Waals surface area contributed by atoms with Gasteiger partial charge in [0.1, 0.15) is 12.4 Å². The summed E-state index contributed by atoms with van der Waals surface area (Å²) < 4.78 is 8.60. The lowest BCUT2D eigenvalue weighted by Gasteiger charge is -2.09. The van der Waals surface area contributed by atoms with Gasteiger partial charge in [0.05, 0.1) is 5.56 Å². The number of hydrogen-bond acceptors (Lipinski definition) is 6. The minimum atomic E-state index is -0.498. The number of aromatic amines is 1. The number of rotatable bonds is 8. The molecule has 0 radical (unpaired) electrons. The molecule has 0 aliphatic carbocycles. The molecule has 3 rings (SSSR count). The number of carbonyl (C=O) groups excluding carboxylic acids is 1. The number of H-pyrrole nitrogens is 1. The first kappa shape index (κ1) is 20.4. The van der Waals surface area contributed by atoms with Crippen molar-refractivity contribution in [3.05, 3.63) is 56.5 Å². The number of anilines is 1. The molecule has 2 heterocycles. The molecule has 2 N–H and O–H groups in total. The van der Waals surface area contributed by atoms with E-state index in [-0.39, 0.29) is 6.61 Å². The van der Waals surface area contributed by atoms with Crippen molar-refractivity contribution >= 4 is 22.8 Å². The molecular weight excluding hydrogens is 374 g/mol. The highest BCUT2D eigenvalue weighted by Crippen LogP contribution is 2.17. The lowest BCUT2D eigenvalue weighted by atomic mass is 10.2. The van der Waals surface area contributed by atoms with Gasteiger partial charge in [0.2, 0.25) is 0 Å². The highest BCUT2D eigenvalue weighted by molar-refractivity contribution is 5.95. The smallest absolute Gasteiger partial charge is 0.340 e. The van der Waals surface area contributed by atoms with E-state index in [1.807, 2.05) is 19.9 Å². The fourth-order valence-electron chi connectivity index (χ4n) is 3.28. The van der Waals surface area contributed by atoms with Crippen molar-refractivity contribution in [3.63, 3.8) is 0 Å². The van der Waals surface area contributed by atoms with Crippen LogP contribution in [0.4, 0.5) is 5.69 Å². The number of para-hydroxylation sites is 1. The molecule has 0 saturated heterocycles. The van der Waals surface area contributed by atoms with E-state index >= 15 is 0 Å². The quantitative estimate of drug-likeness (QED) is 0.561. The number of esters is 1. The van der Waals surface area contributed by atoms with Gasteiger partial charge in [-0.2, -0.15) is 0 Å². The number of benzene rings is 1. The zero-order valence-electron chi connectivity index (χ0n) is 16.8. The summed E-state index contributed by atoms with van der Waals surface area (Å²) in [4.78, 5) is 44.0. The third-order valence-electron chi connectivity index (χ3n) is 4.76. The molecule has 0 saturated carbocycles. The largest absolute Gasteiger partial charge is 0.454 e. The maximum atomic E-state index is 12.5. The van der Waals surface area contributed by atoms with E-state index in [2.05, 4.69) is 15.3 Å². The van der Waals surface area contributed by atoms with E-state index in [0.717, 1.165) is 12.8 Å². The van der Waals surface area contributed by atoms with Gasteiger partial charge >= 0.3 is 11.7 Å². The summed E-state index contributed by atoms with van der Waals surface area (Å²) in [6.45, 7) is 4.68. The predicted octanol–water partition coefficient (Wildman–Crippen LogP) is 2.10. The zero-order valence-corrected chi connectivity index (χ0v) is 16.8. The molecular formula is C20H25N5O4. The normalized spacial score (nSPS) is 11.0. The number of hydrogen-bond donors (Lipinski definition) is 2. The molecule has 0 amide bonds. The highest BCUT2D eigenvalue weighted by atomic mass is 16.5. The molecule has 0 aliphatic heterocycles. The summed E-state index contributed by atoms with van der Waals surface area (Å²) in [5.74, 6) is -0.0823. The van der Waals surface area contributed by atoms with Crippen LogP contribution in [0.2, 0.25) is 0 Å². The van der Waals surface area contributed by atoms with Gasteiger partial charge in [-0.3, -0.25) is 14.3 Å². The number of aryl methyl sites for hydroxylation is 2. The van der Waals surface area contributed by atoms with Crippen LogP contribution in [0.15, 0.2) is 33.9 Å². The molecule has 0 atom stereocenters. The molecule has 0 aliphatic rings. The lowest BCUT2D eigenvalue weighted by Crippen LogP contribution is -2.31. The predicted molar refractivity (Wildman–Crippen MR) is 110 cm³/mol. The van der Waals surface area contributed by atoms with Crippen LogP contribution in [-0.4, -0.2) is 32.1 Å². The molecule has 2 aromatic heterocycles. The van der Waals surface area contributed by atoms with Gasteiger partial charge in [0.15, 0.2) is 11.2 Å². The molecule has 154 valence electrons. The first-order valence-electron chi connectivity index (χ1n) is 9.67. The number of unbranched alkanes of at least 4 members (excludes halogenated alkanes) is 1. The molecule has 1 aromatic carbocycles. The van der Waals surface area contributed by atoms with Gasteiger partial charge in [0, 0.05) is 25.8 Å². The van der Waals surface area contributed by atoms with E-state index in [1.54, 1.807) is 29.8 Å². The van der Waals surface area contributed by atoms with Crippen LogP contribution in [0.25, 0.3) is 11.2 Å². The topological polar surface area (TPSA) is 111 Å². The monoisotopic (exact) mass is 399 g/mol. The van der Waals surface area contributed by atoms with Crippen LogP contribution in [0.3, 0.4) is 0 Å². The Morgan fingerprint density at radius 1 is 1.21 bits per heavy atom. The molecule has 9 nitrogen and oxygen atoms in total. The Balaban J connectivity index is 1.97. The Labute approximate surface area is 167 Å². The summed E-state index contributed by atoms with van der Waals surface area (Å²) in [5, 5.41) is 2.95. The van der Waals surface area contributed by atoms with Crippen LogP contribution >= 0.6 is 0 Å². The fraction of sp³-hybridized carbons (Fsp3) is 0.400. The minimum absolute atomic E-state index is 0.110. The van der Waals surface area contributed by atoms with Crippen LogP contribution in [0.5, 0.6) is 0 Å². The number of fused-ring (bicyclic) bond motifs is 1. The second-order valence-corrected chi connectivity index (χ2v) is 6.58. The van der Waals surface area contributed by atoms with E-state index < -0.39 is 17.2 Å². The maximum Gasteiger partial charge on any atom is 0.340 e. The lowest BCUT2D eigenvalue weighted by molar-refractivity contribution is 0.0460.